The molecule has 1 saturated heterocycles. The van der Waals surface area contributed by atoms with Crippen molar-refractivity contribution >= 4 is 5.91 Å². The van der Waals surface area contributed by atoms with Gasteiger partial charge in [-0.3, -0.25) is 4.79 Å². The summed E-state index contributed by atoms with van der Waals surface area (Å²) >= 11 is 0. The first-order valence-corrected chi connectivity index (χ1v) is 7.76. The van der Waals surface area contributed by atoms with Crippen LogP contribution in [0.25, 0.3) is 0 Å². The van der Waals surface area contributed by atoms with Crippen molar-refractivity contribution in [2.75, 3.05) is 33.2 Å². The van der Waals surface area contributed by atoms with Gasteiger partial charge in [0.05, 0.1) is 0 Å². The number of piperidine rings is 1. The zero-order valence-electron chi connectivity index (χ0n) is 13.1. The predicted octanol–water partition coefficient (Wildman–Crippen LogP) is 1.71. The maximum atomic E-state index is 12.1. The lowest BCUT2D eigenvalue weighted by molar-refractivity contribution is -0.132. The van der Waals surface area contributed by atoms with Crippen molar-refractivity contribution in [2.45, 2.75) is 58.5 Å². The normalized spacial score (nSPS) is 17.9. The van der Waals surface area contributed by atoms with E-state index >= 15 is 0 Å². The van der Waals surface area contributed by atoms with Gasteiger partial charge >= 0.3 is 0 Å². The summed E-state index contributed by atoms with van der Waals surface area (Å²) in [4.78, 5) is 16.6. The Balaban J connectivity index is 2.25. The Bertz CT molecular complexity index is 260. The number of hydrogen-bond donors (Lipinski definition) is 1. The molecule has 0 saturated carbocycles. The summed E-state index contributed by atoms with van der Waals surface area (Å²) in [5.74, 6) is 0.280. The molecule has 1 aliphatic rings. The van der Waals surface area contributed by atoms with Crippen molar-refractivity contribution in [3.8, 4) is 0 Å². The second-order valence-corrected chi connectivity index (χ2v) is 5.94. The van der Waals surface area contributed by atoms with Gasteiger partial charge in [0.15, 0.2) is 0 Å². The number of rotatable bonds is 7. The van der Waals surface area contributed by atoms with E-state index in [2.05, 4.69) is 31.0 Å². The van der Waals surface area contributed by atoms with Gasteiger partial charge < -0.3 is 15.1 Å². The molecule has 1 N–H and O–H groups in total. The summed E-state index contributed by atoms with van der Waals surface area (Å²) in [6.07, 6.45) is 4.09. The molecule has 1 rings (SSSR count). The van der Waals surface area contributed by atoms with Crippen molar-refractivity contribution in [3.05, 3.63) is 0 Å². The average molecular weight is 269 g/mol. The minimum Gasteiger partial charge on any atom is -0.343 e. The van der Waals surface area contributed by atoms with Gasteiger partial charge in [-0.2, -0.15) is 0 Å². The summed E-state index contributed by atoms with van der Waals surface area (Å²) in [5.41, 5.74) is 0. The molecule has 0 aliphatic carbocycles. The minimum atomic E-state index is 0.280. The van der Waals surface area contributed by atoms with Gasteiger partial charge in [-0.25, -0.2) is 0 Å². The average Bonchev–Trinajstić information content (AvgIpc) is 2.38. The molecular weight excluding hydrogens is 238 g/mol. The zero-order valence-corrected chi connectivity index (χ0v) is 13.1. The van der Waals surface area contributed by atoms with E-state index in [1.807, 2.05) is 11.9 Å². The lowest BCUT2D eigenvalue weighted by Gasteiger charge is -2.36. The van der Waals surface area contributed by atoms with Gasteiger partial charge in [0, 0.05) is 45.2 Å². The Kier molecular flexibility index (Phi) is 7.39. The van der Waals surface area contributed by atoms with Crippen molar-refractivity contribution in [1.82, 2.24) is 15.1 Å². The summed E-state index contributed by atoms with van der Waals surface area (Å²) in [5, 5.41) is 3.30. The lowest BCUT2D eigenvalue weighted by atomic mass is 10.0. The van der Waals surface area contributed by atoms with Crippen LogP contribution < -0.4 is 5.32 Å². The SMILES string of the molecule is CCCN1CCC(N(C)C(=O)CCNC(C)C)CC1. The minimum absolute atomic E-state index is 0.280. The van der Waals surface area contributed by atoms with E-state index in [0.29, 0.717) is 18.5 Å². The Morgan fingerprint density at radius 1 is 1.37 bits per heavy atom. The van der Waals surface area contributed by atoms with Crippen molar-refractivity contribution in [3.63, 3.8) is 0 Å². The van der Waals surface area contributed by atoms with Gasteiger partial charge in [0.2, 0.25) is 5.91 Å². The van der Waals surface area contributed by atoms with Crippen LogP contribution in [0.4, 0.5) is 0 Å². The highest BCUT2D eigenvalue weighted by Crippen LogP contribution is 2.16. The molecule has 1 fully saturated rings. The summed E-state index contributed by atoms with van der Waals surface area (Å²) in [6.45, 7) is 10.7. The fraction of sp³-hybridized carbons (Fsp3) is 0.933. The first-order valence-electron chi connectivity index (χ1n) is 7.76. The van der Waals surface area contributed by atoms with Crippen LogP contribution in [-0.2, 0) is 4.79 Å². The largest absolute Gasteiger partial charge is 0.343 e. The van der Waals surface area contributed by atoms with Crippen LogP contribution in [0.5, 0.6) is 0 Å². The lowest BCUT2D eigenvalue weighted by Crippen LogP contribution is -2.46. The molecule has 0 bridgehead atoms. The Labute approximate surface area is 118 Å². The van der Waals surface area contributed by atoms with Gasteiger partial charge in [-0.05, 0) is 25.8 Å². The van der Waals surface area contributed by atoms with E-state index < -0.39 is 0 Å². The molecule has 0 aromatic rings. The third-order valence-electron chi connectivity index (χ3n) is 3.93. The molecule has 19 heavy (non-hydrogen) atoms. The van der Waals surface area contributed by atoms with Crippen LogP contribution in [0.15, 0.2) is 0 Å². The number of likely N-dealkylation sites (tertiary alicyclic amines) is 1. The van der Waals surface area contributed by atoms with Crippen LogP contribution >= 0.6 is 0 Å². The molecular formula is C15H31N3O. The monoisotopic (exact) mass is 269 g/mol. The van der Waals surface area contributed by atoms with Crippen LogP contribution in [0.3, 0.4) is 0 Å². The summed E-state index contributed by atoms with van der Waals surface area (Å²) < 4.78 is 0. The van der Waals surface area contributed by atoms with Crippen molar-refractivity contribution < 1.29 is 4.79 Å². The van der Waals surface area contributed by atoms with Crippen LogP contribution in [-0.4, -0.2) is 61.0 Å². The summed E-state index contributed by atoms with van der Waals surface area (Å²) in [6, 6.07) is 0.898. The summed E-state index contributed by atoms with van der Waals surface area (Å²) in [7, 11) is 1.97. The number of amides is 1. The molecule has 0 radical (unpaired) electrons. The fourth-order valence-electron chi connectivity index (χ4n) is 2.69. The highest BCUT2D eigenvalue weighted by Gasteiger charge is 2.24. The molecule has 1 heterocycles. The molecule has 0 aromatic carbocycles. The molecule has 112 valence electrons. The smallest absolute Gasteiger partial charge is 0.223 e. The third kappa shape index (κ3) is 5.91. The van der Waals surface area contributed by atoms with Crippen LogP contribution in [0.2, 0.25) is 0 Å². The van der Waals surface area contributed by atoms with Crippen LogP contribution in [0.1, 0.15) is 46.5 Å². The van der Waals surface area contributed by atoms with E-state index in [-0.39, 0.29) is 5.91 Å². The molecule has 0 aromatic heterocycles. The molecule has 4 heteroatoms. The molecule has 4 nitrogen and oxygen atoms in total. The first kappa shape index (κ1) is 16.4. The topological polar surface area (TPSA) is 35.6 Å². The predicted molar refractivity (Wildman–Crippen MR) is 80.3 cm³/mol. The van der Waals surface area contributed by atoms with Gasteiger partial charge in [0.1, 0.15) is 0 Å². The quantitative estimate of drug-likeness (QED) is 0.764. The van der Waals surface area contributed by atoms with E-state index in [1.54, 1.807) is 0 Å². The fourth-order valence-corrected chi connectivity index (χ4v) is 2.69. The van der Waals surface area contributed by atoms with Crippen molar-refractivity contribution in [1.29, 1.82) is 0 Å². The molecule has 0 spiro atoms. The van der Waals surface area contributed by atoms with E-state index in [9.17, 15) is 4.79 Å². The standard InChI is InChI=1S/C15H31N3O/c1-5-10-18-11-7-14(8-12-18)17(4)15(19)6-9-16-13(2)3/h13-14,16H,5-12H2,1-4H3. The Hall–Kier alpha value is -0.610. The van der Waals surface area contributed by atoms with E-state index in [4.69, 9.17) is 0 Å². The second kappa shape index (κ2) is 8.54. The number of nitrogens with one attached hydrogen (secondary N) is 1. The van der Waals surface area contributed by atoms with Gasteiger partial charge in [-0.1, -0.05) is 20.8 Å². The number of carbonyl (C=O) groups is 1. The third-order valence-corrected chi connectivity index (χ3v) is 3.93. The number of hydrogen-bond acceptors (Lipinski definition) is 3. The van der Waals surface area contributed by atoms with Gasteiger partial charge in [0.25, 0.3) is 0 Å². The van der Waals surface area contributed by atoms with Crippen LogP contribution in [0, 0.1) is 0 Å². The molecule has 1 amide bonds. The van der Waals surface area contributed by atoms with Gasteiger partial charge in [-0.15, -0.1) is 0 Å². The highest BCUT2D eigenvalue weighted by atomic mass is 16.2. The van der Waals surface area contributed by atoms with Crippen molar-refractivity contribution in [2.24, 2.45) is 0 Å². The Morgan fingerprint density at radius 2 is 2.00 bits per heavy atom. The molecule has 0 atom stereocenters. The molecule has 1 aliphatic heterocycles. The number of carbonyl (C=O) groups excluding carboxylic acids is 1. The van der Waals surface area contributed by atoms with E-state index in [0.717, 1.165) is 32.5 Å². The highest BCUT2D eigenvalue weighted by molar-refractivity contribution is 5.76. The second-order valence-electron chi connectivity index (χ2n) is 5.94. The van der Waals surface area contributed by atoms with E-state index in [1.165, 1.54) is 13.0 Å². The Morgan fingerprint density at radius 3 is 2.53 bits per heavy atom. The zero-order chi connectivity index (χ0) is 14.3. The maximum absolute atomic E-state index is 12.1. The maximum Gasteiger partial charge on any atom is 0.223 e. The number of nitrogens with zero attached hydrogens (tertiary/aromatic N) is 2. The molecule has 0 unspecified atom stereocenters. The first-order chi connectivity index (χ1) is 9.04.